The van der Waals surface area contributed by atoms with Crippen molar-refractivity contribution in [1.82, 2.24) is 14.9 Å². The fourth-order valence-corrected chi connectivity index (χ4v) is 3.37. The number of rotatable bonds is 7. The van der Waals surface area contributed by atoms with Crippen LogP contribution in [0.5, 0.6) is 11.5 Å². The Morgan fingerprint density at radius 1 is 1.39 bits per heavy atom. The van der Waals surface area contributed by atoms with E-state index in [4.69, 9.17) is 13.0 Å². The molecule has 2 heterocycles. The summed E-state index contributed by atoms with van der Waals surface area (Å²) in [5.41, 5.74) is -2.77. The van der Waals surface area contributed by atoms with Gasteiger partial charge in [-0.05, 0) is 43.0 Å². The molecule has 7 nitrogen and oxygen atoms in total. The predicted molar refractivity (Wildman–Crippen MR) is 113 cm³/mol. The van der Waals surface area contributed by atoms with E-state index in [0.29, 0.717) is 5.56 Å². The topological polar surface area (TPSA) is 88.6 Å². The van der Waals surface area contributed by atoms with Gasteiger partial charge >= 0.3 is 6.61 Å². The zero-order valence-corrected chi connectivity index (χ0v) is 17.1. The highest BCUT2D eigenvalue weighted by Crippen LogP contribution is 2.38. The van der Waals surface area contributed by atoms with E-state index in [0.717, 1.165) is 16.8 Å². The molecule has 0 saturated heterocycles. The fourth-order valence-electron chi connectivity index (χ4n) is 3.37. The van der Waals surface area contributed by atoms with Crippen molar-refractivity contribution in [2.75, 3.05) is 7.11 Å². The minimum atomic E-state index is -3.31. The van der Waals surface area contributed by atoms with Crippen LogP contribution in [-0.2, 0) is 5.41 Å². The molecule has 1 N–H and O–H groups in total. The van der Waals surface area contributed by atoms with Crippen LogP contribution in [0.2, 0.25) is 0 Å². The summed E-state index contributed by atoms with van der Waals surface area (Å²) >= 11 is 0. The summed E-state index contributed by atoms with van der Waals surface area (Å²) < 4.78 is 97.6. The minimum absolute atomic E-state index is 0.0954. The van der Waals surface area contributed by atoms with Crippen LogP contribution in [0.4, 0.5) is 13.2 Å². The third kappa shape index (κ3) is 4.31. The van der Waals surface area contributed by atoms with Crippen molar-refractivity contribution >= 4 is 11.4 Å². The molecule has 2 atom stereocenters. The molecule has 3 aromatic rings. The van der Waals surface area contributed by atoms with Crippen molar-refractivity contribution in [3.63, 3.8) is 0 Å². The Bertz CT molecular complexity index is 1450. The zero-order valence-electron chi connectivity index (χ0n) is 23.1. The molecule has 4 rings (SSSR count). The summed E-state index contributed by atoms with van der Waals surface area (Å²) in [6.07, 6.45) is 1.24. The van der Waals surface area contributed by atoms with Gasteiger partial charge in [-0.25, -0.2) is 8.91 Å². The summed E-state index contributed by atoms with van der Waals surface area (Å²) in [6, 6.07) is 5.70. The van der Waals surface area contributed by atoms with Crippen LogP contribution < -0.4 is 14.8 Å². The highest BCUT2D eigenvalue weighted by atomic mass is 19.3. The number of alkyl halides is 3. The van der Waals surface area contributed by atoms with Gasteiger partial charge in [0.2, 0.25) is 0 Å². The normalized spacial score (nSPS) is 21.1. The van der Waals surface area contributed by atoms with Crippen LogP contribution >= 0.6 is 0 Å². The quantitative estimate of drug-likeness (QED) is 0.565. The number of aromatic nitrogens is 2. The van der Waals surface area contributed by atoms with Gasteiger partial charge in [0.1, 0.15) is 23.2 Å². The number of carbonyl (C=O) groups excluding carboxylic acids is 1. The van der Waals surface area contributed by atoms with Crippen LogP contribution in [0.1, 0.15) is 44.3 Å². The second-order valence-corrected chi connectivity index (χ2v) is 7.43. The standard InChI is InChI=1S/C23H21F3N4O3/c1-23(2,11-27)13-4-5-17-14(9-28-30(17)10-13)12-6-18(32-3)20(19(7-12)33-22(25)26)21(31)29-16-8-15(16)24/h4-7,9-10,15-16,22H,8H2,1-3H3,(H,29,31)/t15-,16+/m0/s1/i1D3,2D3. The number of pyridine rings is 1. The van der Waals surface area contributed by atoms with Crippen molar-refractivity contribution < 1.29 is 35.7 Å². The summed E-state index contributed by atoms with van der Waals surface area (Å²) in [5, 5.41) is 16.2. The van der Waals surface area contributed by atoms with Gasteiger partial charge in [-0.2, -0.15) is 19.1 Å². The number of methoxy groups -OCH3 is 1. The lowest BCUT2D eigenvalue weighted by atomic mass is 9.87. The van der Waals surface area contributed by atoms with Crippen LogP contribution in [-0.4, -0.2) is 41.5 Å². The lowest BCUT2D eigenvalue weighted by Gasteiger charge is -2.17. The smallest absolute Gasteiger partial charge is 0.387 e. The Morgan fingerprint density at radius 3 is 2.73 bits per heavy atom. The number of amides is 1. The zero-order chi connectivity index (χ0) is 28.9. The molecule has 1 amide bonds. The van der Waals surface area contributed by atoms with Gasteiger partial charge in [0, 0.05) is 26.4 Å². The van der Waals surface area contributed by atoms with Gasteiger partial charge in [0.15, 0.2) is 0 Å². The molecule has 1 aliphatic rings. The molecule has 172 valence electrons. The molecule has 33 heavy (non-hydrogen) atoms. The Kier molecular flexibility index (Phi) is 4.02. The van der Waals surface area contributed by atoms with E-state index in [-0.39, 0.29) is 34.4 Å². The Labute approximate surface area is 196 Å². The van der Waals surface area contributed by atoms with E-state index in [2.05, 4.69) is 15.2 Å². The average Bonchev–Trinajstić information content (AvgIpc) is 3.34. The molecule has 0 spiro atoms. The minimum Gasteiger partial charge on any atom is -0.496 e. The van der Waals surface area contributed by atoms with E-state index >= 15 is 0 Å². The number of fused-ring (bicyclic) bond motifs is 1. The molecule has 0 bridgehead atoms. The first kappa shape index (κ1) is 16.0. The molecule has 1 saturated carbocycles. The van der Waals surface area contributed by atoms with E-state index in [1.54, 1.807) is 0 Å². The van der Waals surface area contributed by atoms with E-state index in [1.165, 1.54) is 37.6 Å². The van der Waals surface area contributed by atoms with E-state index in [9.17, 15) is 23.2 Å². The lowest BCUT2D eigenvalue weighted by molar-refractivity contribution is -0.0502. The van der Waals surface area contributed by atoms with E-state index in [1.807, 2.05) is 0 Å². The average molecular weight is 464 g/mol. The largest absolute Gasteiger partial charge is 0.496 e. The van der Waals surface area contributed by atoms with Crippen LogP contribution in [0.15, 0.2) is 36.7 Å². The number of benzene rings is 1. The summed E-state index contributed by atoms with van der Waals surface area (Å²) in [4.78, 5) is 12.7. The Balaban J connectivity index is 1.84. The molecule has 0 aliphatic heterocycles. The van der Waals surface area contributed by atoms with Crippen molar-refractivity contribution in [2.45, 2.75) is 44.4 Å². The van der Waals surface area contributed by atoms with Crippen molar-refractivity contribution in [3.05, 3.63) is 47.8 Å². The van der Waals surface area contributed by atoms with Gasteiger partial charge in [-0.15, -0.1) is 0 Å². The molecule has 0 unspecified atom stereocenters. The first-order chi connectivity index (χ1) is 18.1. The van der Waals surface area contributed by atoms with E-state index < -0.39 is 49.6 Å². The first-order valence-corrected chi connectivity index (χ1v) is 9.66. The molecular weight excluding hydrogens is 437 g/mol. The van der Waals surface area contributed by atoms with Gasteiger partial charge < -0.3 is 14.8 Å². The molecular formula is C23H21F3N4O3. The van der Waals surface area contributed by atoms with Crippen molar-refractivity contribution in [1.29, 1.82) is 5.26 Å². The number of carbonyl (C=O) groups is 1. The molecule has 1 aromatic carbocycles. The third-order valence-corrected chi connectivity index (χ3v) is 5.19. The fraction of sp³-hybridized carbons (Fsp3) is 0.348. The maximum absolute atomic E-state index is 13.3. The second-order valence-electron chi connectivity index (χ2n) is 7.43. The SMILES string of the molecule is [2H]C([2H])([2H])C(C#N)(c1ccc2c(-c3cc(OC)c(C(=O)N[C@@H]4C[C@@H]4F)c(OC(F)F)c3)cnn2c1)C([2H])([2H])[2H]. The van der Waals surface area contributed by atoms with Crippen molar-refractivity contribution in [3.8, 4) is 28.7 Å². The number of ether oxygens (including phenoxy) is 2. The number of hydrogen-bond acceptors (Lipinski definition) is 5. The lowest BCUT2D eigenvalue weighted by Crippen LogP contribution is -2.28. The van der Waals surface area contributed by atoms with Crippen LogP contribution in [0, 0.1) is 11.3 Å². The third-order valence-electron chi connectivity index (χ3n) is 5.19. The van der Waals surface area contributed by atoms with Gasteiger partial charge in [-0.3, -0.25) is 4.79 Å². The number of nitrogens with one attached hydrogen (secondary N) is 1. The Hall–Kier alpha value is -3.74. The summed E-state index contributed by atoms with van der Waals surface area (Å²) in [7, 11) is 1.20. The predicted octanol–water partition coefficient (Wildman–Crippen LogP) is 4.25. The Morgan fingerprint density at radius 2 is 2.12 bits per heavy atom. The monoisotopic (exact) mass is 464 g/mol. The molecule has 1 aliphatic carbocycles. The molecule has 2 aromatic heterocycles. The van der Waals surface area contributed by atoms with Gasteiger partial charge in [-0.1, -0.05) is 6.07 Å². The van der Waals surface area contributed by atoms with Crippen LogP contribution in [0.3, 0.4) is 0 Å². The molecule has 10 heteroatoms. The maximum atomic E-state index is 13.3. The second kappa shape index (κ2) is 8.31. The van der Waals surface area contributed by atoms with Gasteiger partial charge in [0.05, 0.1) is 36.3 Å². The highest BCUT2D eigenvalue weighted by molar-refractivity contribution is 6.01. The summed E-state index contributed by atoms with van der Waals surface area (Å²) in [5.74, 6) is -1.57. The number of halogens is 3. The molecule has 1 fully saturated rings. The maximum Gasteiger partial charge on any atom is 0.387 e. The van der Waals surface area contributed by atoms with Gasteiger partial charge in [0.25, 0.3) is 5.91 Å². The van der Waals surface area contributed by atoms with Crippen molar-refractivity contribution in [2.24, 2.45) is 0 Å². The number of nitrogens with zero attached hydrogens (tertiary/aromatic N) is 3. The first-order valence-electron chi connectivity index (χ1n) is 12.7. The number of nitriles is 1. The highest BCUT2D eigenvalue weighted by Gasteiger charge is 2.40. The molecule has 0 radical (unpaired) electrons. The van der Waals surface area contributed by atoms with Crippen LogP contribution in [0.25, 0.3) is 16.6 Å². The summed E-state index contributed by atoms with van der Waals surface area (Å²) in [6.45, 7) is -9.74. The number of hydrogen-bond donors (Lipinski definition) is 1.